The number of rotatable bonds is 3. The molecule has 1 N–H and O–H groups in total. The number of hydrogen-bond donors (Lipinski definition) is 1. The molecule has 0 heterocycles. The van der Waals surface area contributed by atoms with Crippen LogP contribution < -0.4 is 4.74 Å². The van der Waals surface area contributed by atoms with Gasteiger partial charge in [-0.25, -0.2) is 0 Å². The predicted molar refractivity (Wildman–Crippen MR) is 58.8 cm³/mol. The van der Waals surface area contributed by atoms with Crippen LogP contribution >= 0.6 is 11.6 Å². The first kappa shape index (κ1) is 11.9. The largest absolute Gasteiger partial charge is 0.495 e. The van der Waals surface area contributed by atoms with Gasteiger partial charge in [-0.2, -0.15) is 0 Å². The Kier molecular flexibility index (Phi) is 3.58. The number of carbonyl (C=O) groups is 1. The minimum atomic E-state index is -0.862. The predicted octanol–water partition coefficient (Wildman–Crippen LogP) is 2.59. The second-order valence-corrected chi connectivity index (χ2v) is 3.77. The van der Waals surface area contributed by atoms with Crippen molar-refractivity contribution < 1.29 is 14.6 Å². The minimum Gasteiger partial charge on any atom is -0.495 e. The molecule has 0 saturated carbocycles. The summed E-state index contributed by atoms with van der Waals surface area (Å²) in [5.41, 5.74) is 2.34. The van der Waals surface area contributed by atoms with Crippen LogP contribution in [0.2, 0.25) is 5.02 Å². The Balaban J connectivity index is 3.27. The summed E-state index contributed by atoms with van der Waals surface area (Å²) in [5, 5.41) is 9.22. The van der Waals surface area contributed by atoms with Crippen LogP contribution in [0.5, 0.6) is 5.75 Å². The van der Waals surface area contributed by atoms with E-state index in [-0.39, 0.29) is 6.42 Å². The van der Waals surface area contributed by atoms with E-state index in [1.165, 1.54) is 0 Å². The molecule has 3 nitrogen and oxygen atoms in total. The fraction of sp³-hybridized carbons (Fsp3) is 0.364. The standard InChI is InChI=1S/C11H13ClO3/c1-6-4-8(5-9(13)14)7(2)10(12)11(6)15-3/h4H,5H2,1-3H3,(H,13,14). The van der Waals surface area contributed by atoms with Crippen LogP contribution in [0.4, 0.5) is 0 Å². The van der Waals surface area contributed by atoms with Gasteiger partial charge < -0.3 is 9.84 Å². The van der Waals surface area contributed by atoms with Gasteiger partial charge >= 0.3 is 5.97 Å². The van der Waals surface area contributed by atoms with E-state index >= 15 is 0 Å². The van der Waals surface area contributed by atoms with Crippen molar-refractivity contribution in [3.05, 3.63) is 27.8 Å². The molecule has 0 aliphatic carbocycles. The number of methoxy groups -OCH3 is 1. The minimum absolute atomic E-state index is 0.0175. The van der Waals surface area contributed by atoms with Gasteiger partial charge in [0.25, 0.3) is 0 Å². The molecule has 1 aromatic carbocycles. The Morgan fingerprint density at radius 1 is 1.53 bits per heavy atom. The number of halogens is 1. The zero-order valence-electron chi connectivity index (χ0n) is 8.93. The third-order valence-electron chi connectivity index (χ3n) is 2.30. The highest BCUT2D eigenvalue weighted by atomic mass is 35.5. The molecule has 0 aromatic heterocycles. The lowest BCUT2D eigenvalue weighted by molar-refractivity contribution is -0.136. The average molecular weight is 229 g/mol. The summed E-state index contributed by atoms with van der Waals surface area (Å²) in [4.78, 5) is 10.6. The summed E-state index contributed by atoms with van der Waals surface area (Å²) in [7, 11) is 1.55. The van der Waals surface area contributed by atoms with Crippen LogP contribution in [-0.2, 0) is 11.2 Å². The van der Waals surface area contributed by atoms with Gasteiger partial charge in [-0.3, -0.25) is 4.79 Å². The lowest BCUT2D eigenvalue weighted by Gasteiger charge is -2.12. The van der Waals surface area contributed by atoms with Gasteiger partial charge in [-0.1, -0.05) is 17.7 Å². The fourth-order valence-electron chi connectivity index (χ4n) is 1.52. The molecule has 1 rings (SSSR count). The molecule has 0 unspecified atom stereocenters. The van der Waals surface area contributed by atoms with Crippen LogP contribution in [0, 0.1) is 13.8 Å². The van der Waals surface area contributed by atoms with Gasteiger partial charge in [-0.05, 0) is 30.5 Å². The van der Waals surface area contributed by atoms with Gasteiger partial charge in [0.2, 0.25) is 0 Å². The first-order valence-corrected chi connectivity index (χ1v) is 4.89. The number of carboxylic acids is 1. The van der Waals surface area contributed by atoms with Crippen LogP contribution in [0.15, 0.2) is 6.07 Å². The van der Waals surface area contributed by atoms with Crippen LogP contribution in [0.1, 0.15) is 16.7 Å². The lowest BCUT2D eigenvalue weighted by atomic mass is 10.0. The maximum absolute atomic E-state index is 10.6. The van der Waals surface area contributed by atoms with E-state index in [0.29, 0.717) is 10.8 Å². The molecule has 0 spiro atoms. The summed E-state index contributed by atoms with van der Waals surface area (Å²) < 4.78 is 5.14. The normalized spacial score (nSPS) is 10.1. The number of hydrogen-bond acceptors (Lipinski definition) is 2. The van der Waals surface area contributed by atoms with E-state index in [4.69, 9.17) is 21.4 Å². The number of ether oxygens (including phenoxy) is 1. The molecule has 4 heteroatoms. The first-order valence-electron chi connectivity index (χ1n) is 4.51. The summed E-state index contributed by atoms with van der Waals surface area (Å²) in [5.74, 6) is -0.248. The number of aliphatic carboxylic acids is 1. The lowest BCUT2D eigenvalue weighted by Crippen LogP contribution is -2.04. The van der Waals surface area contributed by atoms with Crippen molar-refractivity contribution in [1.29, 1.82) is 0 Å². The topological polar surface area (TPSA) is 46.5 Å². The van der Waals surface area contributed by atoms with Crippen molar-refractivity contribution in [2.75, 3.05) is 7.11 Å². The molecular formula is C11H13ClO3. The van der Waals surface area contributed by atoms with Crippen molar-refractivity contribution >= 4 is 17.6 Å². The summed E-state index contributed by atoms with van der Waals surface area (Å²) >= 11 is 6.07. The molecule has 0 fully saturated rings. The van der Waals surface area contributed by atoms with Crippen LogP contribution in [0.25, 0.3) is 0 Å². The molecule has 0 saturated heterocycles. The second-order valence-electron chi connectivity index (χ2n) is 3.40. The Labute approximate surface area is 93.6 Å². The average Bonchev–Trinajstić information content (AvgIpc) is 2.14. The second kappa shape index (κ2) is 4.53. The van der Waals surface area contributed by atoms with Crippen molar-refractivity contribution in [2.24, 2.45) is 0 Å². The van der Waals surface area contributed by atoms with E-state index < -0.39 is 5.97 Å². The van der Waals surface area contributed by atoms with Crippen LogP contribution in [-0.4, -0.2) is 18.2 Å². The maximum atomic E-state index is 10.6. The first-order chi connectivity index (χ1) is 6.97. The van der Waals surface area contributed by atoms with Crippen molar-refractivity contribution in [3.63, 3.8) is 0 Å². The van der Waals surface area contributed by atoms with E-state index in [0.717, 1.165) is 16.7 Å². The molecule has 0 atom stereocenters. The van der Waals surface area contributed by atoms with Gasteiger partial charge in [0, 0.05) is 0 Å². The van der Waals surface area contributed by atoms with E-state index in [1.807, 2.05) is 6.92 Å². The van der Waals surface area contributed by atoms with Gasteiger partial charge in [0.1, 0.15) is 5.75 Å². The molecular weight excluding hydrogens is 216 g/mol. The zero-order chi connectivity index (χ0) is 11.6. The number of aryl methyl sites for hydroxylation is 1. The number of carboxylic acid groups (broad SMARTS) is 1. The highest BCUT2D eigenvalue weighted by Gasteiger charge is 2.13. The fourth-order valence-corrected chi connectivity index (χ4v) is 1.86. The maximum Gasteiger partial charge on any atom is 0.307 e. The van der Waals surface area contributed by atoms with Crippen molar-refractivity contribution in [2.45, 2.75) is 20.3 Å². The SMILES string of the molecule is COc1c(C)cc(CC(=O)O)c(C)c1Cl. The van der Waals surface area contributed by atoms with E-state index in [1.54, 1.807) is 20.1 Å². The quantitative estimate of drug-likeness (QED) is 0.865. The zero-order valence-corrected chi connectivity index (χ0v) is 9.68. The third-order valence-corrected chi connectivity index (χ3v) is 2.76. The van der Waals surface area contributed by atoms with Crippen LogP contribution in [0.3, 0.4) is 0 Å². The van der Waals surface area contributed by atoms with Crippen molar-refractivity contribution in [3.8, 4) is 5.75 Å². The van der Waals surface area contributed by atoms with E-state index in [2.05, 4.69) is 0 Å². The summed E-state index contributed by atoms with van der Waals surface area (Å²) in [6.45, 7) is 3.64. The molecule has 0 radical (unpaired) electrons. The van der Waals surface area contributed by atoms with E-state index in [9.17, 15) is 4.79 Å². The molecule has 0 amide bonds. The monoisotopic (exact) mass is 228 g/mol. The Bertz CT molecular complexity index is 399. The van der Waals surface area contributed by atoms with Gasteiger partial charge in [0.15, 0.2) is 0 Å². The smallest absolute Gasteiger partial charge is 0.307 e. The highest BCUT2D eigenvalue weighted by molar-refractivity contribution is 6.33. The van der Waals surface area contributed by atoms with Gasteiger partial charge in [0.05, 0.1) is 18.6 Å². The summed E-state index contributed by atoms with van der Waals surface area (Å²) in [6, 6.07) is 1.80. The highest BCUT2D eigenvalue weighted by Crippen LogP contribution is 2.33. The molecule has 1 aromatic rings. The molecule has 0 bridgehead atoms. The molecule has 0 aliphatic heterocycles. The molecule has 82 valence electrons. The molecule has 0 aliphatic rings. The number of benzene rings is 1. The Morgan fingerprint density at radius 3 is 2.60 bits per heavy atom. The van der Waals surface area contributed by atoms with Gasteiger partial charge in [-0.15, -0.1) is 0 Å². The third kappa shape index (κ3) is 2.42. The summed E-state index contributed by atoms with van der Waals surface area (Å²) in [6.07, 6.45) is -0.0175. The molecule has 15 heavy (non-hydrogen) atoms. The Hall–Kier alpha value is -1.22. The van der Waals surface area contributed by atoms with Crippen molar-refractivity contribution in [1.82, 2.24) is 0 Å². The Morgan fingerprint density at radius 2 is 2.13 bits per heavy atom.